The highest BCUT2D eigenvalue weighted by atomic mass is 32.2. The molecule has 0 radical (unpaired) electrons. The van der Waals surface area contributed by atoms with E-state index in [9.17, 15) is 30.4 Å². The third kappa shape index (κ3) is 3.64. The van der Waals surface area contributed by atoms with E-state index in [0.29, 0.717) is 0 Å². The Kier molecular flexibility index (Phi) is 4.28. The maximum absolute atomic E-state index is 12.5. The third-order valence-electron chi connectivity index (χ3n) is 1.94. The summed E-state index contributed by atoms with van der Waals surface area (Å²) >= 11 is 0. The molecule has 0 spiro atoms. The van der Waals surface area contributed by atoms with Gasteiger partial charge in [0.2, 0.25) is 10.0 Å². The predicted octanol–water partition coefficient (Wildman–Crippen LogP) is 2.00. The average molecular weight is 289 g/mol. The third-order valence-corrected chi connectivity index (χ3v) is 3.36. The molecule has 0 amide bonds. The van der Waals surface area contributed by atoms with Gasteiger partial charge < -0.3 is 0 Å². The van der Waals surface area contributed by atoms with Gasteiger partial charge in [0.25, 0.3) is 0 Å². The maximum Gasteiger partial charge on any atom is 0.320 e. The molecule has 0 saturated heterocycles. The van der Waals surface area contributed by atoms with Crippen molar-refractivity contribution in [1.29, 1.82) is 0 Å². The summed E-state index contributed by atoms with van der Waals surface area (Å²) in [6.45, 7) is -1.73. The molecule has 0 aliphatic rings. The quantitative estimate of drug-likeness (QED) is 0.843. The molecule has 1 aromatic carbocycles. The Balaban J connectivity index is 2.81. The van der Waals surface area contributed by atoms with Crippen molar-refractivity contribution >= 4 is 10.0 Å². The van der Waals surface area contributed by atoms with E-state index in [1.54, 1.807) is 0 Å². The van der Waals surface area contributed by atoms with Crippen molar-refractivity contribution in [2.45, 2.75) is 17.2 Å². The maximum atomic E-state index is 12.5. The topological polar surface area (TPSA) is 46.2 Å². The lowest BCUT2D eigenvalue weighted by Gasteiger charge is -2.15. The molecule has 1 aromatic rings. The van der Waals surface area contributed by atoms with Gasteiger partial charge in [-0.3, -0.25) is 0 Å². The van der Waals surface area contributed by atoms with E-state index >= 15 is 0 Å². The van der Waals surface area contributed by atoms with Crippen LogP contribution in [0.4, 0.5) is 22.0 Å². The molecule has 3 nitrogen and oxygen atoms in total. The lowest BCUT2D eigenvalue weighted by molar-refractivity contribution is -0.122. The highest BCUT2D eigenvalue weighted by Crippen LogP contribution is 2.22. The van der Waals surface area contributed by atoms with Crippen molar-refractivity contribution in [3.63, 3.8) is 0 Å². The van der Waals surface area contributed by atoms with Crippen LogP contribution in [0.3, 0.4) is 0 Å². The van der Waals surface area contributed by atoms with Gasteiger partial charge in [0.15, 0.2) is 0 Å². The molecule has 1 rings (SSSR count). The van der Waals surface area contributed by atoms with Gasteiger partial charge in [-0.15, -0.1) is 0 Å². The molecule has 0 fully saturated rings. The van der Waals surface area contributed by atoms with Crippen LogP contribution in [0.5, 0.6) is 0 Å². The minimum Gasteiger partial charge on any atom is -0.207 e. The number of benzene rings is 1. The first-order chi connectivity index (χ1) is 8.15. The Morgan fingerprint density at radius 1 is 1.17 bits per heavy atom. The smallest absolute Gasteiger partial charge is 0.207 e. The van der Waals surface area contributed by atoms with E-state index in [1.165, 1.54) is 4.72 Å². The predicted molar refractivity (Wildman–Crippen MR) is 52.5 cm³/mol. The monoisotopic (exact) mass is 289 g/mol. The zero-order valence-corrected chi connectivity index (χ0v) is 9.52. The molecule has 0 unspecified atom stereocenters. The zero-order chi connectivity index (χ0) is 14.0. The lowest BCUT2D eigenvalue weighted by Crippen LogP contribution is -2.41. The minimum atomic E-state index is -4.47. The summed E-state index contributed by atoms with van der Waals surface area (Å²) < 4.78 is 85.3. The zero-order valence-electron chi connectivity index (χ0n) is 8.71. The number of hydrogen-bond donors (Lipinski definition) is 1. The molecular weight excluding hydrogens is 281 g/mol. The SMILES string of the molecule is O=S(=O)(NCC(F)(F)C(F)F)c1ccc(F)cc1. The Hall–Kier alpha value is -1.22. The van der Waals surface area contributed by atoms with Crippen molar-refractivity contribution in [3.05, 3.63) is 30.1 Å². The molecule has 0 atom stereocenters. The Morgan fingerprint density at radius 3 is 2.11 bits per heavy atom. The number of halogens is 5. The molecule has 0 aliphatic carbocycles. The Labute approximate surface area is 99.7 Å². The molecule has 0 saturated carbocycles. The van der Waals surface area contributed by atoms with Crippen LogP contribution in [-0.2, 0) is 10.0 Å². The minimum absolute atomic E-state index is 0.492. The molecule has 0 heterocycles. The molecular formula is C9H8F5NO2S. The first-order valence-corrected chi connectivity index (χ1v) is 6.05. The highest BCUT2D eigenvalue weighted by Gasteiger charge is 2.41. The van der Waals surface area contributed by atoms with E-state index in [1.807, 2.05) is 0 Å². The summed E-state index contributed by atoms with van der Waals surface area (Å²) in [6, 6.07) is 3.27. The summed E-state index contributed by atoms with van der Waals surface area (Å²) in [5.41, 5.74) is 0. The van der Waals surface area contributed by atoms with Crippen molar-refractivity contribution in [2.75, 3.05) is 6.54 Å². The van der Waals surface area contributed by atoms with E-state index in [4.69, 9.17) is 0 Å². The molecule has 18 heavy (non-hydrogen) atoms. The van der Waals surface area contributed by atoms with Crippen molar-refractivity contribution < 1.29 is 30.4 Å². The van der Waals surface area contributed by atoms with Crippen LogP contribution in [0, 0.1) is 5.82 Å². The van der Waals surface area contributed by atoms with Gasteiger partial charge in [-0.2, -0.15) is 8.78 Å². The summed E-state index contributed by atoms with van der Waals surface area (Å²) in [4.78, 5) is -0.492. The fourth-order valence-electron chi connectivity index (χ4n) is 0.965. The van der Waals surface area contributed by atoms with Gasteiger partial charge >= 0.3 is 12.3 Å². The van der Waals surface area contributed by atoms with Crippen molar-refractivity contribution in [3.8, 4) is 0 Å². The largest absolute Gasteiger partial charge is 0.320 e. The summed E-state index contributed by atoms with van der Waals surface area (Å²) in [7, 11) is -4.37. The normalized spacial score (nSPS) is 13.0. The van der Waals surface area contributed by atoms with Crippen LogP contribution in [0.15, 0.2) is 29.2 Å². The molecule has 0 bridgehead atoms. The molecule has 9 heteroatoms. The second-order valence-electron chi connectivity index (χ2n) is 3.34. The van der Waals surface area contributed by atoms with E-state index in [2.05, 4.69) is 0 Å². The van der Waals surface area contributed by atoms with Gasteiger partial charge in [-0.05, 0) is 24.3 Å². The Bertz CT molecular complexity index is 500. The van der Waals surface area contributed by atoms with Crippen LogP contribution >= 0.6 is 0 Å². The second kappa shape index (κ2) is 5.19. The standard InChI is InChI=1S/C9H8F5NO2S/c10-6-1-3-7(4-2-6)18(16,17)15-5-9(13,14)8(11)12/h1-4,8,15H,5H2. The number of sulfonamides is 1. The van der Waals surface area contributed by atoms with Gasteiger partial charge in [0.05, 0.1) is 11.4 Å². The summed E-state index contributed by atoms with van der Waals surface area (Å²) in [6.07, 6.45) is -3.98. The van der Waals surface area contributed by atoms with Crippen LogP contribution in [0.1, 0.15) is 0 Å². The fraction of sp³-hybridized carbons (Fsp3) is 0.333. The first-order valence-electron chi connectivity index (χ1n) is 4.56. The average Bonchev–Trinajstić information content (AvgIpc) is 2.27. The van der Waals surface area contributed by atoms with Gasteiger partial charge in [0, 0.05) is 0 Å². The van der Waals surface area contributed by atoms with Crippen LogP contribution < -0.4 is 4.72 Å². The highest BCUT2D eigenvalue weighted by molar-refractivity contribution is 7.89. The van der Waals surface area contributed by atoms with Gasteiger partial charge in [-0.1, -0.05) is 0 Å². The number of hydrogen-bond acceptors (Lipinski definition) is 2. The fourth-order valence-corrected chi connectivity index (χ4v) is 2.01. The summed E-state index contributed by atoms with van der Waals surface area (Å²) in [5, 5.41) is 0. The van der Waals surface area contributed by atoms with Crippen LogP contribution in [-0.4, -0.2) is 27.3 Å². The van der Waals surface area contributed by atoms with E-state index in [0.717, 1.165) is 24.3 Å². The van der Waals surface area contributed by atoms with E-state index in [-0.39, 0.29) is 0 Å². The number of rotatable bonds is 5. The van der Waals surface area contributed by atoms with Gasteiger partial charge in [0.1, 0.15) is 5.82 Å². The Morgan fingerprint density at radius 2 is 1.67 bits per heavy atom. The second-order valence-corrected chi connectivity index (χ2v) is 5.11. The number of alkyl halides is 4. The van der Waals surface area contributed by atoms with Crippen molar-refractivity contribution in [2.24, 2.45) is 0 Å². The molecule has 0 aliphatic heterocycles. The summed E-state index contributed by atoms with van der Waals surface area (Å²) in [5.74, 6) is -5.18. The lowest BCUT2D eigenvalue weighted by atomic mass is 10.3. The molecule has 1 N–H and O–H groups in total. The van der Waals surface area contributed by atoms with Crippen LogP contribution in [0.25, 0.3) is 0 Å². The van der Waals surface area contributed by atoms with Crippen LogP contribution in [0.2, 0.25) is 0 Å². The van der Waals surface area contributed by atoms with Gasteiger partial charge in [-0.25, -0.2) is 26.3 Å². The number of nitrogens with one attached hydrogen (secondary N) is 1. The first kappa shape index (κ1) is 14.8. The van der Waals surface area contributed by atoms with Crippen molar-refractivity contribution in [1.82, 2.24) is 4.72 Å². The molecule has 102 valence electrons. The molecule has 0 aromatic heterocycles. The van der Waals surface area contributed by atoms with E-state index < -0.39 is 39.6 Å².